The van der Waals surface area contributed by atoms with Crippen LogP contribution in [-0.4, -0.2) is 15.8 Å². The van der Waals surface area contributed by atoms with Crippen LogP contribution in [0.2, 0.25) is 10.0 Å². The third-order valence-electron chi connectivity index (χ3n) is 3.19. The molecule has 3 nitrogen and oxygen atoms in total. The van der Waals surface area contributed by atoms with Crippen LogP contribution in [0.3, 0.4) is 0 Å². The number of nitrogens with one attached hydrogen (secondary N) is 1. The summed E-state index contributed by atoms with van der Waals surface area (Å²) in [5, 5.41) is 9.01. The minimum absolute atomic E-state index is 0.584. The molecule has 1 aliphatic carbocycles. The number of rotatable bonds is 5. The average molecular weight is 296 g/mol. The summed E-state index contributed by atoms with van der Waals surface area (Å²) >= 11 is 11.9. The van der Waals surface area contributed by atoms with E-state index >= 15 is 0 Å². The third kappa shape index (κ3) is 3.50. The van der Waals surface area contributed by atoms with Crippen molar-refractivity contribution < 1.29 is 0 Å². The van der Waals surface area contributed by atoms with Gasteiger partial charge in [0.25, 0.3) is 0 Å². The molecule has 100 valence electrons. The number of aromatic nitrogens is 2. The highest BCUT2D eigenvalue weighted by atomic mass is 35.5. The van der Waals surface area contributed by atoms with Crippen LogP contribution in [-0.2, 0) is 13.1 Å². The molecule has 1 N–H and O–H groups in total. The second-order valence-electron chi connectivity index (χ2n) is 4.95. The van der Waals surface area contributed by atoms with Crippen molar-refractivity contribution in [1.29, 1.82) is 0 Å². The Hall–Kier alpha value is -1.03. The maximum absolute atomic E-state index is 6.01. The van der Waals surface area contributed by atoms with E-state index in [1.165, 1.54) is 18.4 Å². The predicted octanol–water partition coefficient (Wildman–Crippen LogP) is 3.49. The van der Waals surface area contributed by atoms with Gasteiger partial charge in [-0.2, -0.15) is 5.10 Å². The SMILES string of the molecule is Clc1ccc(Cn2cc(CNC3CC3)cn2)cc1Cl. The first-order valence-corrected chi connectivity index (χ1v) is 7.15. The maximum atomic E-state index is 6.01. The molecule has 1 aliphatic rings. The van der Waals surface area contributed by atoms with Gasteiger partial charge < -0.3 is 5.32 Å². The van der Waals surface area contributed by atoms with E-state index in [1.807, 2.05) is 29.1 Å². The van der Waals surface area contributed by atoms with Crippen LogP contribution in [0.25, 0.3) is 0 Å². The first-order chi connectivity index (χ1) is 9.20. The quantitative estimate of drug-likeness (QED) is 0.915. The topological polar surface area (TPSA) is 29.9 Å². The van der Waals surface area contributed by atoms with Crippen LogP contribution in [0.15, 0.2) is 30.6 Å². The summed E-state index contributed by atoms with van der Waals surface area (Å²) < 4.78 is 1.92. The lowest BCUT2D eigenvalue weighted by atomic mass is 10.2. The molecule has 0 bridgehead atoms. The predicted molar refractivity (Wildman–Crippen MR) is 77.7 cm³/mol. The fourth-order valence-corrected chi connectivity index (χ4v) is 2.28. The number of hydrogen-bond donors (Lipinski definition) is 1. The van der Waals surface area contributed by atoms with Gasteiger partial charge in [-0.25, -0.2) is 0 Å². The lowest BCUT2D eigenvalue weighted by molar-refractivity contribution is 0.675. The molecule has 19 heavy (non-hydrogen) atoms. The molecule has 0 aliphatic heterocycles. The number of hydrogen-bond acceptors (Lipinski definition) is 2. The molecule has 1 fully saturated rings. The molecule has 1 saturated carbocycles. The van der Waals surface area contributed by atoms with Gasteiger partial charge in [0.1, 0.15) is 0 Å². The van der Waals surface area contributed by atoms with Crippen molar-refractivity contribution in [2.24, 2.45) is 0 Å². The highest BCUT2D eigenvalue weighted by molar-refractivity contribution is 6.42. The molecule has 5 heteroatoms. The third-order valence-corrected chi connectivity index (χ3v) is 3.93. The monoisotopic (exact) mass is 295 g/mol. The van der Waals surface area contributed by atoms with E-state index in [0.717, 1.165) is 18.2 Å². The maximum Gasteiger partial charge on any atom is 0.0660 e. The Morgan fingerprint density at radius 2 is 2.05 bits per heavy atom. The molecular formula is C14H15Cl2N3. The van der Waals surface area contributed by atoms with Crippen molar-refractivity contribution >= 4 is 23.2 Å². The van der Waals surface area contributed by atoms with Gasteiger partial charge in [-0.15, -0.1) is 0 Å². The molecule has 0 unspecified atom stereocenters. The summed E-state index contributed by atoms with van der Waals surface area (Å²) in [5.74, 6) is 0. The molecule has 0 spiro atoms. The van der Waals surface area contributed by atoms with Crippen LogP contribution in [0, 0.1) is 0 Å². The Labute approximate surface area is 122 Å². The second kappa shape index (κ2) is 5.53. The first-order valence-electron chi connectivity index (χ1n) is 6.39. The minimum atomic E-state index is 0.584. The Morgan fingerprint density at radius 3 is 2.79 bits per heavy atom. The van der Waals surface area contributed by atoms with Crippen molar-refractivity contribution in [1.82, 2.24) is 15.1 Å². The fraction of sp³-hybridized carbons (Fsp3) is 0.357. The zero-order chi connectivity index (χ0) is 13.2. The standard InChI is InChI=1S/C14H15Cl2N3/c15-13-4-1-10(5-14(13)16)8-19-9-11(7-18-19)6-17-12-2-3-12/h1,4-5,7,9,12,17H,2-3,6,8H2. The van der Waals surface area contributed by atoms with E-state index in [9.17, 15) is 0 Å². The summed E-state index contributed by atoms with van der Waals surface area (Å²) in [6.07, 6.45) is 6.58. The zero-order valence-corrected chi connectivity index (χ0v) is 12.0. The summed E-state index contributed by atoms with van der Waals surface area (Å²) in [6, 6.07) is 6.39. The first kappa shape index (κ1) is 13.0. The van der Waals surface area contributed by atoms with Crippen LogP contribution >= 0.6 is 23.2 Å². The van der Waals surface area contributed by atoms with Gasteiger partial charge in [-0.05, 0) is 30.5 Å². The van der Waals surface area contributed by atoms with Crippen LogP contribution in [0.4, 0.5) is 0 Å². The summed E-state index contributed by atoms with van der Waals surface area (Å²) in [5.41, 5.74) is 2.31. The molecule has 1 heterocycles. The summed E-state index contributed by atoms with van der Waals surface area (Å²) in [7, 11) is 0. The van der Waals surface area contributed by atoms with Crippen LogP contribution < -0.4 is 5.32 Å². The lowest BCUT2D eigenvalue weighted by Gasteiger charge is -2.03. The number of nitrogens with zero attached hydrogens (tertiary/aromatic N) is 2. The van der Waals surface area contributed by atoms with E-state index in [0.29, 0.717) is 16.6 Å². The fourth-order valence-electron chi connectivity index (χ4n) is 1.96. The zero-order valence-electron chi connectivity index (χ0n) is 10.4. The number of benzene rings is 1. The van der Waals surface area contributed by atoms with Crippen molar-refractivity contribution in [2.75, 3.05) is 0 Å². The van der Waals surface area contributed by atoms with E-state index in [2.05, 4.69) is 16.6 Å². The average Bonchev–Trinajstić information content (AvgIpc) is 3.12. The van der Waals surface area contributed by atoms with Gasteiger partial charge in [0, 0.05) is 24.3 Å². The van der Waals surface area contributed by atoms with Crippen molar-refractivity contribution in [3.8, 4) is 0 Å². The van der Waals surface area contributed by atoms with Crippen molar-refractivity contribution in [3.05, 3.63) is 51.8 Å². The second-order valence-corrected chi connectivity index (χ2v) is 5.76. The molecule has 2 aromatic rings. The van der Waals surface area contributed by atoms with Gasteiger partial charge in [0.05, 0.1) is 22.8 Å². The molecule has 0 radical (unpaired) electrons. The Kier molecular flexibility index (Phi) is 3.78. The lowest BCUT2D eigenvalue weighted by Crippen LogP contribution is -2.14. The normalized spacial score (nSPS) is 14.8. The summed E-state index contributed by atoms with van der Waals surface area (Å²) in [6.45, 7) is 1.60. The van der Waals surface area contributed by atoms with Gasteiger partial charge in [-0.1, -0.05) is 29.3 Å². The Bertz CT molecular complexity index is 576. The van der Waals surface area contributed by atoms with Gasteiger partial charge in [-0.3, -0.25) is 4.68 Å². The summed E-state index contributed by atoms with van der Waals surface area (Å²) in [4.78, 5) is 0. The van der Waals surface area contributed by atoms with Crippen LogP contribution in [0.1, 0.15) is 24.0 Å². The van der Waals surface area contributed by atoms with Crippen molar-refractivity contribution in [2.45, 2.75) is 32.0 Å². The highest BCUT2D eigenvalue weighted by Crippen LogP contribution is 2.23. The van der Waals surface area contributed by atoms with Gasteiger partial charge >= 0.3 is 0 Å². The van der Waals surface area contributed by atoms with Crippen LogP contribution in [0.5, 0.6) is 0 Å². The van der Waals surface area contributed by atoms with Gasteiger partial charge in [0.15, 0.2) is 0 Å². The molecule has 1 aromatic heterocycles. The minimum Gasteiger partial charge on any atom is -0.310 e. The molecule has 0 saturated heterocycles. The Morgan fingerprint density at radius 1 is 1.21 bits per heavy atom. The van der Waals surface area contributed by atoms with Gasteiger partial charge in [0.2, 0.25) is 0 Å². The molecule has 0 amide bonds. The molecular weight excluding hydrogens is 281 g/mol. The van der Waals surface area contributed by atoms with E-state index < -0.39 is 0 Å². The van der Waals surface area contributed by atoms with E-state index in [1.54, 1.807) is 0 Å². The van der Waals surface area contributed by atoms with E-state index in [-0.39, 0.29) is 0 Å². The largest absolute Gasteiger partial charge is 0.310 e. The smallest absolute Gasteiger partial charge is 0.0660 e. The molecule has 0 atom stereocenters. The Balaban J connectivity index is 1.63. The number of halogens is 2. The highest BCUT2D eigenvalue weighted by Gasteiger charge is 2.20. The van der Waals surface area contributed by atoms with Crippen molar-refractivity contribution in [3.63, 3.8) is 0 Å². The van der Waals surface area contributed by atoms with E-state index in [4.69, 9.17) is 23.2 Å². The molecule has 1 aromatic carbocycles. The molecule has 3 rings (SSSR count).